The number of alkyl carbamates (subject to hydrolysis) is 1. The Morgan fingerprint density at radius 3 is 2.69 bits per heavy atom. The summed E-state index contributed by atoms with van der Waals surface area (Å²) in [6.45, 7) is 10.6. The van der Waals surface area contributed by atoms with Gasteiger partial charge in [0.25, 0.3) is 5.91 Å². The first-order valence-corrected chi connectivity index (χ1v) is 19.0. The third-order valence-electron chi connectivity index (χ3n) is 9.57. The second-order valence-electron chi connectivity index (χ2n) is 13.5. The van der Waals surface area contributed by atoms with Crippen molar-refractivity contribution in [2.45, 2.75) is 94.8 Å². The van der Waals surface area contributed by atoms with Crippen LogP contribution in [0.3, 0.4) is 0 Å². The Hall–Kier alpha value is -3.12. The number of anilines is 1. The summed E-state index contributed by atoms with van der Waals surface area (Å²) in [6.07, 6.45) is 7.53. The normalized spacial score (nSPS) is 25.7. The Bertz CT molecular complexity index is 1510. The molecule has 2 aromatic carbocycles. The minimum Gasteiger partial charge on any atom is -0.491 e. The van der Waals surface area contributed by atoms with Gasteiger partial charge in [0.05, 0.1) is 23.8 Å². The molecular formula is C37H50ClN3O7S. The number of nitrogens with zero attached hydrogens (tertiary/aromatic N) is 1. The van der Waals surface area contributed by atoms with Crippen molar-refractivity contribution in [2.24, 2.45) is 5.92 Å². The average molecular weight is 716 g/mol. The fraction of sp³-hybridized carbons (Fsp3) is 0.568. The molecule has 4 atom stereocenters. The van der Waals surface area contributed by atoms with E-state index in [1.807, 2.05) is 24.3 Å². The third-order valence-corrected chi connectivity index (χ3v) is 10.9. The van der Waals surface area contributed by atoms with Gasteiger partial charge in [-0.05, 0) is 93.5 Å². The maximum absolute atomic E-state index is 13.5. The summed E-state index contributed by atoms with van der Waals surface area (Å²) in [7, 11) is -1.82. The van der Waals surface area contributed by atoms with Crippen LogP contribution in [-0.4, -0.2) is 73.5 Å². The third kappa shape index (κ3) is 9.78. The van der Waals surface area contributed by atoms with Gasteiger partial charge in [0, 0.05) is 49.2 Å². The molecule has 49 heavy (non-hydrogen) atoms. The van der Waals surface area contributed by atoms with E-state index in [0.29, 0.717) is 55.0 Å². The first-order valence-electron chi connectivity index (χ1n) is 17.5. The number of fused-ring (bicyclic) bond motifs is 1. The fourth-order valence-corrected chi connectivity index (χ4v) is 7.74. The summed E-state index contributed by atoms with van der Waals surface area (Å²) in [4.78, 5) is 29.1. The minimum atomic E-state index is -1.82. The Morgan fingerprint density at radius 1 is 1.14 bits per heavy atom. The van der Waals surface area contributed by atoms with Crippen molar-refractivity contribution >= 4 is 40.3 Å². The smallest absolute Gasteiger partial charge is 0.407 e. The Balaban J connectivity index is 1.48. The molecule has 4 unspecified atom stereocenters. The van der Waals surface area contributed by atoms with E-state index in [0.717, 1.165) is 37.8 Å². The summed E-state index contributed by atoms with van der Waals surface area (Å²) < 4.78 is 40.0. The number of carbonyl (C=O) groups excluding carboxylic acids is 2. The summed E-state index contributed by atoms with van der Waals surface area (Å²) in [5.74, 6) is 0.203. The molecule has 3 aliphatic heterocycles. The quantitative estimate of drug-likeness (QED) is 0.327. The number of aryl methyl sites for hydroxylation is 1. The van der Waals surface area contributed by atoms with E-state index in [4.69, 9.17) is 30.5 Å². The average Bonchev–Trinajstić information content (AvgIpc) is 3.26. The molecule has 3 heterocycles. The molecule has 2 bridgehead atoms. The SMILES string of the molecule is CCCc1cc(Cl)ccc1C1COc2ccc3cc2N(CCC(CC)C(OC(=O)NC2CCOCC2)/C=C/COC(C)(C)C(=O)NS3=O)C1. The van der Waals surface area contributed by atoms with E-state index in [-0.39, 0.29) is 24.5 Å². The first-order chi connectivity index (χ1) is 23.6. The largest absolute Gasteiger partial charge is 0.491 e. The van der Waals surface area contributed by atoms with Crippen LogP contribution in [0.25, 0.3) is 0 Å². The van der Waals surface area contributed by atoms with Crippen molar-refractivity contribution in [1.82, 2.24) is 10.0 Å². The van der Waals surface area contributed by atoms with Crippen LogP contribution in [0, 0.1) is 5.92 Å². The van der Waals surface area contributed by atoms with Crippen LogP contribution in [0.4, 0.5) is 10.5 Å². The zero-order valence-corrected chi connectivity index (χ0v) is 30.6. The van der Waals surface area contributed by atoms with E-state index < -0.39 is 34.7 Å². The Kier molecular flexibility index (Phi) is 13.0. The van der Waals surface area contributed by atoms with Gasteiger partial charge in [0.1, 0.15) is 17.5 Å². The molecule has 2 amide bonds. The van der Waals surface area contributed by atoms with Crippen LogP contribution in [0.15, 0.2) is 53.4 Å². The number of hydrogen-bond acceptors (Lipinski definition) is 8. The topological polar surface area (TPSA) is 115 Å². The molecule has 1 saturated heterocycles. The number of benzene rings is 2. The van der Waals surface area contributed by atoms with Crippen LogP contribution in [0.2, 0.25) is 5.02 Å². The van der Waals surface area contributed by atoms with E-state index in [1.165, 1.54) is 11.1 Å². The van der Waals surface area contributed by atoms with Crippen molar-refractivity contribution in [3.8, 4) is 5.75 Å². The van der Waals surface area contributed by atoms with Gasteiger partial charge in [-0.1, -0.05) is 44.0 Å². The highest BCUT2D eigenvalue weighted by atomic mass is 35.5. The molecule has 1 fully saturated rings. The van der Waals surface area contributed by atoms with Gasteiger partial charge in [-0.25, -0.2) is 9.00 Å². The molecule has 268 valence electrons. The number of rotatable bonds is 6. The van der Waals surface area contributed by atoms with Gasteiger partial charge in [-0.3, -0.25) is 9.52 Å². The molecule has 2 N–H and O–H groups in total. The first kappa shape index (κ1) is 37.1. The van der Waals surface area contributed by atoms with Gasteiger partial charge in [0.15, 0.2) is 11.0 Å². The molecule has 5 rings (SSSR count). The highest BCUT2D eigenvalue weighted by molar-refractivity contribution is 7.83. The minimum absolute atomic E-state index is 0.00916. The molecule has 12 heteroatoms. The lowest BCUT2D eigenvalue weighted by Crippen LogP contribution is -2.45. The lowest BCUT2D eigenvalue weighted by Gasteiger charge is -2.31. The zero-order chi connectivity index (χ0) is 35.0. The van der Waals surface area contributed by atoms with Gasteiger partial charge in [-0.15, -0.1) is 0 Å². The van der Waals surface area contributed by atoms with Crippen LogP contribution >= 0.6 is 11.6 Å². The Labute approximate surface area is 297 Å². The van der Waals surface area contributed by atoms with Gasteiger partial charge >= 0.3 is 6.09 Å². The lowest BCUT2D eigenvalue weighted by molar-refractivity contribution is -0.139. The van der Waals surface area contributed by atoms with E-state index in [2.05, 4.69) is 40.9 Å². The van der Waals surface area contributed by atoms with Crippen molar-refractivity contribution in [3.05, 3.63) is 64.7 Å². The molecule has 3 aliphatic rings. The molecule has 0 aliphatic carbocycles. The summed E-state index contributed by atoms with van der Waals surface area (Å²) >= 11 is 6.43. The monoisotopic (exact) mass is 715 g/mol. The second-order valence-corrected chi connectivity index (χ2v) is 15.1. The molecule has 0 saturated carbocycles. The zero-order valence-electron chi connectivity index (χ0n) is 29.0. The van der Waals surface area contributed by atoms with Crippen LogP contribution < -0.4 is 19.7 Å². The van der Waals surface area contributed by atoms with Gasteiger partial charge in [0.2, 0.25) is 0 Å². The van der Waals surface area contributed by atoms with Crippen molar-refractivity contribution in [2.75, 3.05) is 44.4 Å². The summed E-state index contributed by atoms with van der Waals surface area (Å²) in [6, 6.07) is 11.5. The van der Waals surface area contributed by atoms with Crippen molar-refractivity contribution in [1.29, 1.82) is 0 Å². The summed E-state index contributed by atoms with van der Waals surface area (Å²) in [5, 5.41) is 3.73. The molecule has 0 spiro atoms. The predicted molar refractivity (Wildman–Crippen MR) is 192 cm³/mol. The number of ether oxygens (including phenoxy) is 4. The van der Waals surface area contributed by atoms with Gasteiger partial charge in [-0.2, -0.15) is 0 Å². The number of halogens is 1. The molecule has 10 nitrogen and oxygen atoms in total. The standard InChI is InChI=1S/C37H50ClN3O7S/c1-5-8-26-21-28(38)10-12-31(26)27-23-41-17-14-25(6-2)33(48-36(43)39-29-15-19-45-20-16-29)9-7-18-47-37(3,4)35(42)40-49(44)30-11-13-34(46-24-27)32(41)22-30/h7,9-13,21-22,25,27,29,33H,5-6,8,14-20,23-24H2,1-4H3,(H,39,43)(H,40,42)/b9-7+. The van der Waals surface area contributed by atoms with E-state index in [9.17, 15) is 13.8 Å². The second kappa shape index (κ2) is 17.2. The Morgan fingerprint density at radius 2 is 1.94 bits per heavy atom. The maximum atomic E-state index is 13.5. The number of carbonyl (C=O) groups is 2. The lowest BCUT2D eigenvalue weighted by atomic mass is 9.91. The van der Waals surface area contributed by atoms with Crippen LogP contribution in [0.1, 0.15) is 76.8 Å². The highest BCUT2D eigenvalue weighted by Gasteiger charge is 2.32. The van der Waals surface area contributed by atoms with Crippen LogP contribution in [0.5, 0.6) is 5.75 Å². The van der Waals surface area contributed by atoms with E-state index in [1.54, 1.807) is 26.0 Å². The van der Waals surface area contributed by atoms with Crippen molar-refractivity contribution < 1.29 is 32.7 Å². The number of amides is 2. The predicted octanol–water partition coefficient (Wildman–Crippen LogP) is 6.47. The van der Waals surface area contributed by atoms with Gasteiger partial charge < -0.3 is 29.2 Å². The molecule has 0 aromatic heterocycles. The van der Waals surface area contributed by atoms with Crippen molar-refractivity contribution in [3.63, 3.8) is 0 Å². The highest BCUT2D eigenvalue weighted by Crippen LogP contribution is 2.38. The maximum Gasteiger partial charge on any atom is 0.407 e. The number of hydrogen-bond donors (Lipinski definition) is 2. The summed E-state index contributed by atoms with van der Waals surface area (Å²) in [5.41, 5.74) is 1.95. The molecule has 2 aromatic rings. The van der Waals surface area contributed by atoms with Crippen LogP contribution in [-0.2, 0) is 36.4 Å². The molecule has 0 radical (unpaired) electrons. The fourth-order valence-electron chi connectivity index (χ4n) is 6.61. The van der Waals surface area contributed by atoms with E-state index >= 15 is 0 Å². The molecular weight excluding hydrogens is 666 g/mol. The number of nitrogens with one attached hydrogen (secondary N) is 2.